The van der Waals surface area contributed by atoms with Crippen molar-refractivity contribution in [1.29, 1.82) is 0 Å². The summed E-state index contributed by atoms with van der Waals surface area (Å²) in [6.45, 7) is 3.91. The topological polar surface area (TPSA) is 54.6 Å². The van der Waals surface area contributed by atoms with E-state index in [0.717, 1.165) is 22.5 Å². The maximum absolute atomic E-state index is 11.3. The molecule has 0 aliphatic heterocycles. The lowest BCUT2D eigenvalue weighted by molar-refractivity contribution is 0.486. The first kappa shape index (κ1) is 16.3. The Morgan fingerprint density at radius 2 is 1.88 bits per heavy atom. The Balaban J connectivity index is 1.91. The molecule has 0 saturated carbocycles. The quantitative estimate of drug-likeness (QED) is 0.567. The largest absolute Gasteiger partial charge is 0.466 e. The summed E-state index contributed by atoms with van der Waals surface area (Å²) in [6, 6.07) is 14.5. The first-order valence-corrected chi connectivity index (χ1v) is 7.96. The number of anilines is 2. The minimum atomic E-state index is -0.750. The minimum Gasteiger partial charge on any atom is -0.466 e. The Bertz CT molecular complexity index is 873. The highest BCUT2D eigenvalue weighted by molar-refractivity contribution is 6.31. The van der Waals surface area contributed by atoms with Crippen LogP contribution in [0.1, 0.15) is 28.5 Å². The number of nitrogens with zero attached hydrogens (tertiary/aromatic N) is 1. The van der Waals surface area contributed by atoms with E-state index in [9.17, 15) is 4.91 Å². The van der Waals surface area contributed by atoms with Gasteiger partial charge in [0.05, 0.1) is 6.26 Å². The van der Waals surface area contributed by atoms with Crippen LogP contribution in [0.4, 0.5) is 11.4 Å². The van der Waals surface area contributed by atoms with Crippen molar-refractivity contribution in [2.24, 2.45) is 5.18 Å². The average Bonchev–Trinajstić information content (AvgIpc) is 2.98. The highest BCUT2D eigenvalue weighted by Gasteiger charge is 2.23. The van der Waals surface area contributed by atoms with E-state index in [1.54, 1.807) is 24.5 Å². The third kappa shape index (κ3) is 3.19. The third-order valence-corrected chi connectivity index (χ3v) is 4.30. The Labute approximate surface area is 145 Å². The molecule has 5 heteroatoms. The molecule has 1 aromatic heterocycles. The summed E-state index contributed by atoms with van der Waals surface area (Å²) in [6.07, 6.45) is 1.55. The van der Waals surface area contributed by atoms with Gasteiger partial charge in [-0.2, -0.15) is 0 Å². The lowest BCUT2D eigenvalue weighted by Gasteiger charge is -2.13. The monoisotopic (exact) mass is 340 g/mol. The number of benzene rings is 2. The first-order valence-electron chi connectivity index (χ1n) is 7.58. The van der Waals surface area contributed by atoms with Crippen LogP contribution in [0.5, 0.6) is 0 Å². The summed E-state index contributed by atoms with van der Waals surface area (Å²) in [4.78, 5) is 11.3. The fourth-order valence-electron chi connectivity index (χ4n) is 2.61. The molecule has 0 spiro atoms. The van der Waals surface area contributed by atoms with E-state index >= 15 is 0 Å². The summed E-state index contributed by atoms with van der Waals surface area (Å²) in [5.74, 6) is 0.520. The fourth-order valence-corrected chi connectivity index (χ4v) is 2.89. The lowest BCUT2D eigenvalue weighted by atomic mass is 10.0. The summed E-state index contributed by atoms with van der Waals surface area (Å²) in [5, 5.41) is 6.99. The SMILES string of the molecule is Cc1ccccc1Nc1ccc(C(N=O)c2occc2C)c(Cl)c1. The molecule has 0 fully saturated rings. The van der Waals surface area contributed by atoms with Gasteiger partial charge in [-0.15, -0.1) is 4.91 Å². The molecule has 0 radical (unpaired) electrons. The molecule has 0 saturated heterocycles. The van der Waals surface area contributed by atoms with Gasteiger partial charge in [0.2, 0.25) is 0 Å². The van der Waals surface area contributed by atoms with Crippen molar-refractivity contribution in [3.8, 4) is 0 Å². The number of para-hydroxylation sites is 1. The Hall–Kier alpha value is -2.59. The fraction of sp³-hybridized carbons (Fsp3) is 0.158. The van der Waals surface area contributed by atoms with Gasteiger partial charge in [-0.25, -0.2) is 0 Å². The molecule has 1 atom stereocenters. The lowest BCUT2D eigenvalue weighted by Crippen LogP contribution is -2.00. The summed E-state index contributed by atoms with van der Waals surface area (Å²) < 4.78 is 5.40. The molecule has 4 nitrogen and oxygen atoms in total. The molecule has 1 N–H and O–H groups in total. The molecular weight excluding hydrogens is 324 g/mol. The molecule has 0 amide bonds. The summed E-state index contributed by atoms with van der Waals surface area (Å²) in [7, 11) is 0. The van der Waals surface area contributed by atoms with Crippen LogP contribution in [0.25, 0.3) is 0 Å². The van der Waals surface area contributed by atoms with Crippen LogP contribution in [-0.4, -0.2) is 0 Å². The number of nitrogens with one attached hydrogen (secondary N) is 1. The average molecular weight is 341 g/mol. The van der Waals surface area contributed by atoms with E-state index < -0.39 is 6.04 Å². The number of rotatable bonds is 5. The van der Waals surface area contributed by atoms with Crippen molar-refractivity contribution in [3.63, 3.8) is 0 Å². The zero-order chi connectivity index (χ0) is 17.1. The van der Waals surface area contributed by atoms with Gasteiger partial charge in [-0.05, 0) is 49.2 Å². The Morgan fingerprint density at radius 1 is 1.08 bits per heavy atom. The van der Waals surface area contributed by atoms with Crippen LogP contribution >= 0.6 is 11.6 Å². The van der Waals surface area contributed by atoms with Crippen molar-refractivity contribution in [2.75, 3.05) is 5.32 Å². The molecule has 0 aliphatic rings. The molecule has 3 aromatic rings. The molecule has 2 aromatic carbocycles. The van der Waals surface area contributed by atoms with Crippen LogP contribution in [0, 0.1) is 18.8 Å². The van der Waals surface area contributed by atoms with E-state index in [-0.39, 0.29) is 0 Å². The maximum Gasteiger partial charge on any atom is 0.176 e. The molecule has 0 bridgehead atoms. The maximum atomic E-state index is 11.3. The van der Waals surface area contributed by atoms with E-state index in [4.69, 9.17) is 16.0 Å². The van der Waals surface area contributed by atoms with Gasteiger partial charge in [-0.3, -0.25) is 0 Å². The van der Waals surface area contributed by atoms with E-state index in [1.165, 1.54) is 0 Å². The molecule has 3 rings (SSSR count). The molecule has 1 unspecified atom stereocenters. The van der Waals surface area contributed by atoms with Crippen LogP contribution in [0.15, 0.2) is 64.4 Å². The van der Waals surface area contributed by atoms with Gasteiger partial charge in [0.1, 0.15) is 5.76 Å². The first-order chi connectivity index (χ1) is 11.6. The molecule has 1 heterocycles. The van der Waals surface area contributed by atoms with Gasteiger partial charge >= 0.3 is 0 Å². The summed E-state index contributed by atoms with van der Waals surface area (Å²) >= 11 is 6.40. The van der Waals surface area contributed by atoms with E-state index in [2.05, 4.69) is 10.5 Å². The predicted molar refractivity (Wildman–Crippen MR) is 97.0 cm³/mol. The predicted octanol–water partition coefficient (Wildman–Crippen LogP) is 6.15. The van der Waals surface area contributed by atoms with Gasteiger partial charge in [-0.1, -0.05) is 41.0 Å². The van der Waals surface area contributed by atoms with Gasteiger partial charge in [0.15, 0.2) is 6.04 Å². The molecule has 24 heavy (non-hydrogen) atoms. The van der Waals surface area contributed by atoms with Crippen molar-refractivity contribution in [3.05, 3.63) is 87.2 Å². The molecule has 0 aliphatic carbocycles. The number of nitroso groups, excluding NO2 is 1. The van der Waals surface area contributed by atoms with Crippen LogP contribution in [-0.2, 0) is 0 Å². The van der Waals surface area contributed by atoms with Gasteiger partial charge < -0.3 is 9.73 Å². The van der Waals surface area contributed by atoms with Crippen LogP contribution in [0.2, 0.25) is 5.02 Å². The van der Waals surface area contributed by atoms with Crippen molar-refractivity contribution in [2.45, 2.75) is 19.9 Å². The minimum absolute atomic E-state index is 0.467. The van der Waals surface area contributed by atoms with Crippen molar-refractivity contribution >= 4 is 23.0 Å². The molecule has 122 valence electrons. The second kappa shape index (κ2) is 6.89. The third-order valence-electron chi connectivity index (χ3n) is 3.97. The second-order valence-corrected chi connectivity index (χ2v) is 6.06. The highest BCUT2D eigenvalue weighted by atomic mass is 35.5. The summed E-state index contributed by atoms with van der Waals surface area (Å²) in [5.41, 5.74) is 4.49. The number of aryl methyl sites for hydroxylation is 2. The number of hydrogen-bond acceptors (Lipinski definition) is 4. The van der Waals surface area contributed by atoms with Crippen molar-refractivity contribution < 1.29 is 4.42 Å². The number of furan rings is 1. The van der Waals surface area contributed by atoms with E-state index in [1.807, 2.05) is 44.2 Å². The molecular formula is C19H17ClN2O2. The normalized spacial score (nSPS) is 12.0. The van der Waals surface area contributed by atoms with Crippen LogP contribution in [0.3, 0.4) is 0 Å². The Morgan fingerprint density at radius 3 is 2.50 bits per heavy atom. The Kier molecular flexibility index (Phi) is 4.67. The standard InChI is InChI=1S/C19H17ClN2O2/c1-12-5-3-4-6-17(12)21-14-7-8-15(16(20)11-14)18(22-23)19-13(2)9-10-24-19/h3-11,18,21H,1-2H3. The second-order valence-electron chi connectivity index (χ2n) is 5.65. The highest BCUT2D eigenvalue weighted by Crippen LogP contribution is 2.35. The zero-order valence-electron chi connectivity index (χ0n) is 13.4. The van der Waals surface area contributed by atoms with Crippen LogP contribution < -0.4 is 5.32 Å². The number of halogens is 1. The van der Waals surface area contributed by atoms with E-state index in [0.29, 0.717) is 16.3 Å². The number of hydrogen-bond donors (Lipinski definition) is 1. The smallest absolute Gasteiger partial charge is 0.176 e. The zero-order valence-corrected chi connectivity index (χ0v) is 14.2. The van der Waals surface area contributed by atoms with Crippen molar-refractivity contribution in [1.82, 2.24) is 0 Å². The van der Waals surface area contributed by atoms with Gasteiger partial charge in [0, 0.05) is 22.0 Å². The van der Waals surface area contributed by atoms with Gasteiger partial charge in [0.25, 0.3) is 0 Å².